The zero-order valence-electron chi connectivity index (χ0n) is 11.9. The molecular weight excluding hydrogens is 264 g/mol. The number of nitrogens with zero attached hydrogens (tertiary/aromatic N) is 3. The van der Waals surface area contributed by atoms with Crippen LogP contribution in [0.15, 0.2) is 24.5 Å². The monoisotopic (exact) mass is 282 g/mol. The van der Waals surface area contributed by atoms with Crippen molar-refractivity contribution >= 4 is 22.6 Å². The highest BCUT2D eigenvalue weighted by Gasteiger charge is 2.24. The highest BCUT2D eigenvalue weighted by molar-refractivity contribution is 6.00. The number of benzene rings is 1. The van der Waals surface area contributed by atoms with Gasteiger partial charge in [-0.15, -0.1) is 0 Å². The maximum Gasteiger partial charge on any atom is 0.251 e. The van der Waals surface area contributed by atoms with E-state index in [4.69, 9.17) is 0 Å². The van der Waals surface area contributed by atoms with Crippen molar-refractivity contribution in [2.45, 2.75) is 31.7 Å². The van der Waals surface area contributed by atoms with Gasteiger partial charge in [-0.25, -0.2) is 9.97 Å². The van der Waals surface area contributed by atoms with Gasteiger partial charge in [0, 0.05) is 30.1 Å². The first kappa shape index (κ1) is 12.6. The van der Waals surface area contributed by atoms with Gasteiger partial charge in [0.1, 0.15) is 12.1 Å². The van der Waals surface area contributed by atoms with Crippen molar-refractivity contribution in [2.24, 2.45) is 0 Å². The molecule has 0 atom stereocenters. The molecule has 2 aromatic rings. The van der Waals surface area contributed by atoms with Gasteiger partial charge in [0.05, 0.1) is 5.52 Å². The molecule has 0 radical (unpaired) electrons. The predicted octanol–water partition coefficient (Wildman–Crippen LogP) is 2.12. The molecule has 2 aliphatic rings. The van der Waals surface area contributed by atoms with E-state index in [9.17, 15) is 4.79 Å². The van der Waals surface area contributed by atoms with Crippen molar-refractivity contribution in [3.8, 4) is 0 Å². The summed E-state index contributed by atoms with van der Waals surface area (Å²) in [4.78, 5) is 23.3. The van der Waals surface area contributed by atoms with Crippen LogP contribution in [0, 0.1) is 0 Å². The topological polar surface area (TPSA) is 58.1 Å². The molecule has 0 spiro atoms. The fraction of sp³-hybridized carbons (Fsp3) is 0.438. The lowest BCUT2D eigenvalue weighted by atomic mass is 10.1. The molecule has 2 heterocycles. The van der Waals surface area contributed by atoms with Crippen LogP contribution in [0.4, 0.5) is 5.82 Å². The number of carbonyl (C=O) groups is 1. The largest absolute Gasteiger partial charge is 0.356 e. The van der Waals surface area contributed by atoms with E-state index in [1.54, 1.807) is 6.33 Å². The van der Waals surface area contributed by atoms with E-state index in [1.165, 1.54) is 12.8 Å². The summed E-state index contributed by atoms with van der Waals surface area (Å²) in [7, 11) is 0. The standard InChI is InChI=1S/C16H18N4O/c21-16(19-12-4-5-12)11-3-6-14-13(9-11)15(18-10-17-14)20-7-1-2-8-20/h3,6,9-10,12H,1-2,4-5,7-8H2,(H,19,21). The molecule has 21 heavy (non-hydrogen) atoms. The van der Waals surface area contributed by atoms with Gasteiger partial charge in [-0.2, -0.15) is 0 Å². The molecule has 1 N–H and O–H groups in total. The van der Waals surface area contributed by atoms with Gasteiger partial charge in [0.15, 0.2) is 0 Å². The molecular formula is C16H18N4O. The Bertz CT molecular complexity index is 690. The Morgan fingerprint density at radius 1 is 1.19 bits per heavy atom. The maximum atomic E-state index is 12.2. The van der Waals surface area contributed by atoms with Crippen LogP contribution < -0.4 is 10.2 Å². The fourth-order valence-corrected chi connectivity index (χ4v) is 2.86. The highest BCUT2D eigenvalue weighted by atomic mass is 16.1. The van der Waals surface area contributed by atoms with E-state index >= 15 is 0 Å². The number of rotatable bonds is 3. The van der Waals surface area contributed by atoms with Crippen LogP contribution in [0.5, 0.6) is 0 Å². The molecule has 5 heteroatoms. The Hall–Kier alpha value is -2.17. The Morgan fingerprint density at radius 3 is 2.76 bits per heavy atom. The lowest BCUT2D eigenvalue weighted by Crippen LogP contribution is -2.25. The number of aromatic nitrogens is 2. The zero-order chi connectivity index (χ0) is 14.2. The van der Waals surface area contributed by atoms with Gasteiger partial charge in [-0.05, 0) is 43.9 Å². The number of hydrogen-bond acceptors (Lipinski definition) is 4. The van der Waals surface area contributed by atoms with Gasteiger partial charge >= 0.3 is 0 Å². The summed E-state index contributed by atoms with van der Waals surface area (Å²) in [5.74, 6) is 0.967. The zero-order valence-corrected chi connectivity index (χ0v) is 11.9. The molecule has 0 bridgehead atoms. The first-order valence-electron chi connectivity index (χ1n) is 7.62. The quantitative estimate of drug-likeness (QED) is 0.937. The molecule has 1 amide bonds. The van der Waals surface area contributed by atoms with Gasteiger partial charge in [0.2, 0.25) is 0 Å². The van der Waals surface area contributed by atoms with Crippen LogP contribution in [0.2, 0.25) is 0 Å². The van der Waals surface area contributed by atoms with Gasteiger partial charge in [-0.3, -0.25) is 4.79 Å². The van der Waals surface area contributed by atoms with E-state index in [0.29, 0.717) is 11.6 Å². The average molecular weight is 282 g/mol. The molecule has 1 aromatic carbocycles. The molecule has 0 unspecified atom stereocenters. The SMILES string of the molecule is O=C(NC1CC1)c1ccc2ncnc(N3CCCC3)c2c1. The van der Waals surface area contributed by atoms with Crippen molar-refractivity contribution in [1.82, 2.24) is 15.3 Å². The van der Waals surface area contributed by atoms with Gasteiger partial charge in [-0.1, -0.05) is 0 Å². The first-order valence-corrected chi connectivity index (χ1v) is 7.62. The normalized spacial score (nSPS) is 18.2. The third-order valence-corrected chi connectivity index (χ3v) is 4.19. The summed E-state index contributed by atoms with van der Waals surface area (Å²) in [6.45, 7) is 2.06. The highest BCUT2D eigenvalue weighted by Crippen LogP contribution is 2.27. The molecule has 1 aliphatic carbocycles. The number of amides is 1. The van der Waals surface area contributed by atoms with Gasteiger partial charge < -0.3 is 10.2 Å². The minimum atomic E-state index is 0.00984. The van der Waals surface area contributed by atoms with E-state index < -0.39 is 0 Å². The second-order valence-electron chi connectivity index (χ2n) is 5.87. The van der Waals surface area contributed by atoms with Crippen LogP contribution in [0.1, 0.15) is 36.0 Å². The Balaban J connectivity index is 1.73. The molecule has 1 saturated heterocycles. The van der Waals surface area contributed by atoms with Gasteiger partial charge in [0.25, 0.3) is 5.91 Å². The minimum Gasteiger partial charge on any atom is -0.356 e. The molecule has 5 nitrogen and oxygen atoms in total. The molecule has 1 aliphatic heterocycles. The van der Waals surface area contributed by atoms with E-state index in [-0.39, 0.29) is 5.91 Å². The van der Waals surface area contributed by atoms with Crippen molar-refractivity contribution in [3.63, 3.8) is 0 Å². The molecule has 2 fully saturated rings. The predicted molar refractivity (Wildman–Crippen MR) is 81.5 cm³/mol. The third-order valence-electron chi connectivity index (χ3n) is 4.19. The van der Waals surface area contributed by atoms with Crippen LogP contribution in [0.3, 0.4) is 0 Å². The number of carbonyl (C=O) groups excluding carboxylic acids is 1. The minimum absolute atomic E-state index is 0.00984. The van der Waals surface area contributed by atoms with Crippen LogP contribution in [-0.4, -0.2) is 35.0 Å². The van der Waals surface area contributed by atoms with E-state index in [0.717, 1.165) is 42.7 Å². The molecule has 108 valence electrons. The van der Waals surface area contributed by atoms with Crippen molar-refractivity contribution in [3.05, 3.63) is 30.1 Å². The second-order valence-corrected chi connectivity index (χ2v) is 5.87. The summed E-state index contributed by atoms with van der Waals surface area (Å²) in [5, 5.41) is 4.01. The summed E-state index contributed by atoms with van der Waals surface area (Å²) < 4.78 is 0. The van der Waals surface area contributed by atoms with Crippen molar-refractivity contribution in [1.29, 1.82) is 0 Å². The third kappa shape index (κ3) is 2.44. The Morgan fingerprint density at radius 2 is 2.00 bits per heavy atom. The Labute approximate surface area is 123 Å². The van der Waals surface area contributed by atoms with Crippen molar-refractivity contribution < 1.29 is 4.79 Å². The van der Waals surface area contributed by atoms with Crippen molar-refractivity contribution in [2.75, 3.05) is 18.0 Å². The lowest BCUT2D eigenvalue weighted by molar-refractivity contribution is 0.0951. The van der Waals surface area contributed by atoms with E-state index in [2.05, 4.69) is 20.2 Å². The second kappa shape index (κ2) is 4.98. The number of hydrogen-bond donors (Lipinski definition) is 1. The summed E-state index contributed by atoms with van der Waals surface area (Å²) in [6, 6.07) is 6.07. The fourth-order valence-electron chi connectivity index (χ4n) is 2.86. The lowest BCUT2D eigenvalue weighted by Gasteiger charge is -2.18. The first-order chi connectivity index (χ1) is 10.3. The molecule has 1 saturated carbocycles. The number of nitrogens with one attached hydrogen (secondary N) is 1. The van der Waals surface area contributed by atoms with Crippen LogP contribution in [0.25, 0.3) is 10.9 Å². The summed E-state index contributed by atoms with van der Waals surface area (Å²) in [6.07, 6.45) is 6.21. The van der Waals surface area contributed by atoms with E-state index in [1.807, 2.05) is 18.2 Å². The Kier molecular flexibility index (Phi) is 2.98. The summed E-state index contributed by atoms with van der Waals surface area (Å²) in [5.41, 5.74) is 1.60. The number of anilines is 1. The maximum absolute atomic E-state index is 12.2. The van der Waals surface area contributed by atoms with Crippen LogP contribution in [-0.2, 0) is 0 Å². The van der Waals surface area contributed by atoms with Crippen LogP contribution >= 0.6 is 0 Å². The smallest absolute Gasteiger partial charge is 0.251 e. The summed E-state index contributed by atoms with van der Waals surface area (Å²) >= 11 is 0. The number of fused-ring (bicyclic) bond motifs is 1. The molecule has 4 rings (SSSR count). The molecule has 1 aromatic heterocycles. The average Bonchev–Trinajstić information content (AvgIpc) is 3.16.